The van der Waals surface area contributed by atoms with Crippen molar-refractivity contribution in [2.45, 2.75) is 26.2 Å². The summed E-state index contributed by atoms with van der Waals surface area (Å²) in [7, 11) is 0. The molecule has 2 rings (SSSR count). The second kappa shape index (κ2) is 3.42. The molecule has 0 aliphatic carbocycles. The third kappa shape index (κ3) is 1.86. The highest BCUT2D eigenvalue weighted by Gasteiger charge is 2.23. The van der Waals surface area contributed by atoms with E-state index in [4.69, 9.17) is 0 Å². The normalized spacial score (nSPS) is 11.7. The summed E-state index contributed by atoms with van der Waals surface area (Å²) in [6, 6.07) is 0. The van der Waals surface area contributed by atoms with E-state index in [9.17, 15) is 0 Å². The highest BCUT2D eigenvalue weighted by atomic mass is 15.3. The minimum Gasteiger partial charge on any atom is -0.244 e. The number of hydrogen-bond acceptors (Lipinski definition) is 4. The average molecular weight is 203 g/mol. The maximum absolute atomic E-state index is 4.17. The number of nitrogens with zero attached hydrogens (tertiary/aromatic N) is 4. The highest BCUT2D eigenvalue weighted by molar-refractivity contribution is 5.60. The second-order valence-corrected chi connectivity index (χ2v) is 4.40. The van der Waals surface area contributed by atoms with Gasteiger partial charge >= 0.3 is 0 Å². The van der Waals surface area contributed by atoms with Crippen molar-refractivity contribution in [3.8, 4) is 11.3 Å². The molecule has 2 aromatic rings. The Morgan fingerprint density at radius 3 is 2.33 bits per heavy atom. The summed E-state index contributed by atoms with van der Waals surface area (Å²) in [4.78, 5) is 7.94. The highest BCUT2D eigenvalue weighted by Crippen LogP contribution is 2.28. The van der Waals surface area contributed by atoms with Gasteiger partial charge in [-0.3, -0.25) is 0 Å². The van der Waals surface area contributed by atoms with Crippen LogP contribution in [0.15, 0.2) is 18.7 Å². The first-order valence-corrected chi connectivity index (χ1v) is 4.75. The molecule has 2 heterocycles. The number of hydrogen-bond donors (Lipinski definition) is 1. The monoisotopic (exact) mass is 203 g/mol. The molecule has 0 amide bonds. The van der Waals surface area contributed by atoms with Gasteiger partial charge in [0, 0.05) is 23.4 Å². The van der Waals surface area contributed by atoms with Gasteiger partial charge in [-0.25, -0.2) is 9.97 Å². The maximum atomic E-state index is 4.17. The molecule has 0 aliphatic heterocycles. The van der Waals surface area contributed by atoms with E-state index >= 15 is 0 Å². The average Bonchev–Trinajstić information content (AvgIpc) is 2.67. The van der Waals surface area contributed by atoms with E-state index in [2.05, 4.69) is 46.1 Å². The largest absolute Gasteiger partial charge is 0.244 e. The van der Waals surface area contributed by atoms with Gasteiger partial charge in [0.1, 0.15) is 12.0 Å². The Kier molecular flexibility index (Phi) is 2.22. The summed E-state index contributed by atoms with van der Waals surface area (Å²) < 4.78 is 0. The number of aromatic nitrogens is 5. The van der Waals surface area contributed by atoms with Gasteiger partial charge in [0.25, 0.3) is 0 Å². The van der Waals surface area contributed by atoms with Crippen LogP contribution in [0.5, 0.6) is 0 Å². The Bertz CT molecular complexity index is 440. The molecule has 2 aromatic heterocycles. The lowest BCUT2D eigenvalue weighted by atomic mass is 9.89. The van der Waals surface area contributed by atoms with Crippen molar-refractivity contribution < 1.29 is 0 Å². The zero-order chi connectivity index (χ0) is 10.9. The molecule has 0 spiro atoms. The lowest BCUT2D eigenvalue weighted by Gasteiger charge is -2.15. The molecule has 78 valence electrons. The predicted octanol–water partition coefficient (Wildman–Crippen LogP) is 1.56. The molecule has 15 heavy (non-hydrogen) atoms. The molecule has 0 unspecified atom stereocenters. The van der Waals surface area contributed by atoms with Crippen LogP contribution in [0.2, 0.25) is 0 Å². The van der Waals surface area contributed by atoms with Crippen LogP contribution in [0.25, 0.3) is 11.3 Å². The second-order valence-electron chi connectivity index (χ2n) is 4.40. The van der Waals surface area contributed by atoms with Crippen LogP contribution in [-0.4, -0.2) is 25.4 Å². The lowest BCUT2D eigenvalue weighted by molar-refractivity contribution is 0.568. The Labute approximate surface area is 88.0 Å². The minimum atomic E-state index is -0.0435. The van der Waals surface area contributed by atoms with E-state index in [-0.39, 0.29) is 5.41 Å². The number of nitrogens with one attached hydrogen (secondary N) is 1. The van der Waals surface area contributed by atoms with Crippen molar-refractivity contribution in [3.05, 3.63) is 24.4 Å². The molecular weight excluding hydrogens is 190 g/mol. The van der Waals surface area contributed by atoms with E-state index in [1.807, 2.05) is 0 Å². The SMILES string of the molecule is CC(C)(C)c1n[nH]nc1-c1cncnc1. The molecule has 0 radical (unpaired) electrons. The fourth-order valence-corrected chi connectivity index (χ4v) is 1.38. The van der Waals surface area contributed by atoms with Gasteiger partial charge in [0.05, 0.1) is 5.69 Å². The van der Waals surface area contributed by atoms with Gasteiger partial charge in [0.2, 0.25) is 0 Å². The minimum absolute atomic E-state index is 0.0435. The molecule has 5 heteroatoms. The van der Waals surface area contributed by atoms with Crippen LogP contribution in [0.1, 0.15) is 26.5 Å². The number of H-pyrrole nitrogens is 1. The van der Waals surface area contributed by atoms with Crippen molar-refractivity contribution >= 4 is 0 Å². The van der Waals surface area contributed by atoms with Crippen LogP contribution in [0, 0.1) is 0 Å². The van der Waals surface area contributed by atoms with Gasteiger partial charge in [-0.1, -0.05) is 20.8 Å². The zero-order valence-corrected chi connectivity index (χ0v) is 9.02. The Hall–Kier alpha value is -1.78. The van der Waals surface area contributed by atoms with Crippen molar-refractivity contribution in [2.75, 3.05) is 0 Å². The summed E-state index contributed by atoms with van der Waals surface area (Å²) in [6.45, 7) is 6.29. The molecule has 0 aromatic carbocycles. The van der Waals surface area contributed by atoms with Crippen molar-refractivity contribution in [1.82, 2.24) is 25.4 Å². The van der Waals surface area contributed by atoms with Crippen molar-refractivity contribution in [1.29, 1.82) is 0 Å². The smallest absolute Gasteiger partial charge is 0.119 e. The molecule has 0 atom stereocenters. The summed E-state index contributed by atoms with van der Waals surface area (Å²) in [5.74, 6) is 0. The molecule has 0 aliphatic rings. The van der Waals surface area contributed by atoms with Gasteiger partial charge in [-0.15, -0.1) is 0 Å². The van der Waals surface area contributed by atoms with E-state index in [0.717, 1.165) is 17.0 Å². The van der Waals surface area contributed by atoms with Gasteiger partial charge in [0.15, 0.2) is 0 Å². The van der Waals surface area contributed by atoms with Crippen LogP contribution in [0.4, 0.5) is 0 Å². The van der Waals surface area contributed by atoms with Crippen LogP contribution in [0.3, 0.4) is 0 Å². The summed E-state index contributed by atoms with van der Waals surface area (Å²) in [6.07, 6.45) is 4.97. The standard InChI is InChI=1S/C10H13N5/c1-10(2,3)9-8(13-15-14-9)7-4-11-6-12-5-7/h4-6H,1-3H3,(H,13,14,15). The van der Waals surface area contributed by atoms with Gasteiger partial charge in [-0.2, -0.15) is 15.4 Å². The van der Waals surface area contributed by atoms with Crippen LogP contribution >= 0.6 is 0 Å². The third-order valence-corrected chi connectivity index (χ3v) is 2.09. The zero-order valence-electron chi connectivity index (χ0n) is 9.02. The molecule has 5 nitrogen and oxygen atoms in total. The Morgan fingerprint density at radius 2 is 1.73 bits per heavy atom. The van der Waals surface area contributed by atoms with Gasteiger partial charge < -0.3 is 0 Å². The lowest BCUT2D eigenvalue weighted by Crippen LogP contribution is -2.13. The topological polar surface area (TPSA) is 67.3 Å². The molecule has 0 bridgehead atoms. The first kappa shape index (κ1) is 9.76. The Morgan fingerprint density at radius 1 is 1.07 bits per heavy atom. The summed E-state index contributed by atoms with van der Waals surface area (Å²) >= 11 is 0. The molecule has 0 fully saturated rings. The van der Waals surface area contributed by atoms with Gasteiger partial charge in [-0.05, 0) is 0 Å². The van der Waals surface area contributed by atoms with E-state index in [1.165, 1.54) is 6.33 Å². The fraction of sp³-hybridized carbons (Fsp3) is 0.400. The maximum Gasteiger partial charge on any atom is 0.119 e. The third-order valence-electron chi connectivity index (χ3n) is 2.09. The first-order valence-electron chi connectivity index (χ1n) is 4.75. The number of aromatic amines is 1. The van der Waals surface area contributed by atoms with Crippen molar-refractivity contribution in [3.63, 3.8) is 0 Å². The molecule has 1 N–H and O–H groups in total. The molecule has 0 saturated heterocycles. The number of rotatable bonds is 1. The summed E-state index contributed by atoms with van der Waals surface area (Å²) in [5, 5.41) is 11.0. The van der Waals surface area contributed by atoms with Crippen LogP contribution < -0.4 is 0 Å². The predicted molar refractivity (Wildman–Crippen MR) is 56.1 cm³/mol. The first-order chi connectivity index (χ1) is 7.09. The van der Waals surface area contributed by atoms with E-state index in [0.29, 0.717) is 0 Å². The van der Waals surface area contributed by atoms with E-state index < -0.39 is 0 Å². The summed E-state index contributed by atoms with van der Waals surface area (Å²) in [5.41, 5.74) is 2.59. The van der Waals surface area contributed by atoms with Crippen molar-refractivity contribution in [2.24, 2.45) is 0 Å². The molecule has 0 saturated carbocycles. The molecular formula is C10H13N5. The quantitative estimate of drug-likeness (QED) is 0.763. The van der Waals surface area contributed by atoms with Crippen LogP contribution in [-0.2, 0) is 5.41 Å². The Balaban J connectivity index is 2.51. The fourth-order valence-electron chi connectivity index (χ4n) is 1.38. The van der Waals surface area contributed by atoms with E-state index in [1.54, 1.807) is 12.4 Å².